The van der Waals surface area contributed by atoms with Crippen molar-refractivity contribution in [2.45, 2.75) is 11.8 Å². The molecule has 0 saturated heterocycles. The summed E-state index contributed by atoms with van der Waals surface area (Å²) in [5, 5.41) is 11.3. The van der Waals surface area contributed by atoms with Crippen molar-refractivity contribution in [3.8, 4) is 6.19 Å². The molecule has 1 aromatic carbocycles. The Balaban J connectivity index is 3.19. The summed E-state index contributed by atoms with van der Waals surface area (Å²) in [5.41, 5.74) is 1.10. The van der Waals surface area contributed by atoms with Crippen LogP contribution in [0.15, 0.2) is 28.1 Å². The number of thioether (sulfide) groups is 1. The van der Waals surface area contributed by atoms with Crippen LogP contribution in [0.2, 0.25) is 0 Å². The fourth-order valence-electron chi connectivity index (χ4n) is 1.20. The van der Waals surface area contributed by atoms with Crippen molar-refractivity contribution in [1.29, 1.82) is 5.26 Å². The molecular weight excluding hydrogens is 274 g/mol. The molecule has 0 amide bonds. The van der Waals surface area contributed by atoms with Crippen molar-refractivity contribution in [3.63, 3.8) is 0 Å². The van der Waals surface area contributed by atoms with Crippen LogP contribution in [0.4, 0.5) is 5.69 Å². The smallest absolute Gasteiger partial charge is 0.282 e. The second-order valence-electron chi connectivity index (χ2n) is 3.28. The van der Waals surface area contributed by atoms with Crippen LogP contribution in [-0.2, 0) is 10.1 Å². The van der Waals surface area contributed by atoms with Crippen molar-refractivity contribution < 1.29 is 13.0 Å². The lowest BCUT2D eigenvalue weighted by Gasteiger charge is -2.04. The topological polar surface area (TPSA) is 103 Å². The van der Waals surface area contributed by atoms with Gasteiger partial charge in [-0.2, -0.15) is 13.7 Å². The molecule has 18 heavy (non-hydrogen) atoms. The van der Waals surface area contributed by atoms with Gasteiger partial charge in [-0.15, -0.1) is 0 Å². The first-order chi connectivity index (χ1) is 8.38. The highest BCUT2D eigenvalue weighted by Crippen LogP contribution is 2.23. The minimum absolute atomic E-state index is 0.183. The SMILES string of the molecule is CSC(=Nc1ccc(S(=O)(=O)O)cc1C)NC#N. The molecular formula is C10H11N3O3S2. The van der Waals surface area contributed by atoms with E-state index in [-0.39, 0.29) is 4.90 Å². The van der Waals surface area contributed by atoms with E-state index >= 15 is 0 Å². The average molecular weight is 285 g/mol. The molecule has 0 radical (unpaired) electrons. The van der Waals surface area contributed by atoms with Crippen LogP contribution in [0.1, 0.15) is 5.56 Å². The van der Waals surface area contributed by atoms with Gasteiger partial charge in [-0.3, -0.25) is 9.87 Å². The van der Waals surface area contributed by atoms with E-state index in [2.05, 4.69) is 10.3 Å². The van der Waals surface area contributed by atoms with Gasteiger partial charge in [-0.1, -0.05) is 11.8 Å². The maximum atomic E-state index is 10.9. The van der Waals surface area contributed by atoms with Gasteiger partial charge in [0, 0.05) is 0 Å². The number of nitrogens with zero attached hydrogens (tertiary/aromatic N) is 2. The Kier molecular flexibility index (Phi) is 4.72. The van der Waals surface area contributed by atoms with E-state index in [4.69, 9.17) is 9.81 Å². The Morgan fingerprint density at radius 1 is 1.56 bits per heavy atom. The molecule has 96 valence electrons. The lowest BCUT2D eigenvalue weighted by molar-refractivity contribution is 0.483. The van der Waals surface area contributed by atoms with Crippen molar-refractivity contribution >= 4 is 32.7 Å². The number of nitrogens with one attached hydrogen (secondary N) is 1. The van der Waals surface area contributed by atoms with Crippen LogP contribution in [-0.4, -0.2) is 24.4 Å². The minimum atomic E-state index is -4.21. The van der Waals surface area contributed by atoms with Gasteiger partial charge in [0.2, 0.25) is 0 Å². The molecule has 0 saturated carbocycles. The molecule has 0 aliphatic heterocycles. The van der Waals surface area contributed by atoms with Crippen LogP contribution < -0.4 is 5.32 Å². The molecule has 0 unspecified atom stereocenters. The summed E-state index contributed by atoms with van der Waals surface area (Å²) in [5.74, 6) is 0. The number of aliphatic imine (C=N–C) groups is 1. The van der Waals surface area contributed by atoms with Gasteiger partial charge in [-0.05, 0) is 36.9 Å². The van der Waals surface area contributed by atoms with Crippen molar-refractivity contribution in [2.75, 3.05) is 6.26 Å². The highest BCUT2D eigenvalue weighted by Gasteiger charge is 2.11. The van der Waals surface area contributed by atoms with Crippen molar-refractivity contribution in [3.05, 3.63) is 23.8 Å². The summed E-state index contributed by atoms with van der Waals surface area (Å²) in [6, 6.07) is 4.04. The van der Waals surface area contributed by atoms with E-state index in [1.165, 1.54) is 30.0 Å². The Morgan fingerprint density at radius 2 is 2.22 bits per heavy atom. The fraction of sp³-hybridized carbons (Fsp3) is 0.200. The molecule has 0 heterocycles. The molecule has 0 bridgehead atoms. The van der Waals surface area contributed by atoms with Gasteiger partial charge in [0.15, 0.2) is 11.4 Å². The maximum absolute atomic E-state index is 10.9. The quantitative estimate of drug-likeness (QED) is 0.282. The zero-order valence-electron chi connectivity index (χ0n) is 9.71. The fourth-order valence-corrected chi connectivity index (χ4v) is 2.10. The molecule has 6 nitrogen and oxygen atoms in total. The zero-order valence-corrected chi connectivity index (χ0v) is 11.3. The first-order valence-electron chi connectivity index (χ1n) is 4.74. The molecule has 0 aliphatic rings. The number of hydrogen-bond donors (Lipinski definition) is 2. The number of benzene rings is 1. The van der Waals surface area contributed by atoms with Crippen LogP contribution in [0, 0.1) is 18.4 Å². The number of hydrogen-bond acceptors (Lipinski definition) is 5. The highest BCUT2D eigenvalue weighted by atomic mass is 32.2. The molecule has 0 aromatic heterocycles. The van der Waals surface area contributed by atoms with Gasteiger partial charge in [0.1, 0.15) is 0 Å². The third-order valence-electron chi connectivity index (χ3n) is 2.04. The standard InChI is InChI=1S/C10H11N3O3S2/c1-7-5-8(18(14,15)16)3-4-9(7)13-10(17-2)12-6-11/h3-5H,1-2H3,(H,12,13)(H,14,15,16). The minimum Gasteiger partial charge on any atom is -0.282 e. The summed E-state index contributed by atoms with van der Waals surface area (Å²) in [7, 11) is -4.21. The normalized spacial score (nSPS) is 12.0. The van der Waals surface area contributed by atoms with E-state index in [1.54, 1.807) is 19.4 Å². The second kappa shape index (κ2) is 5.86. The molecule has 0 spiro atoms. The molecule has 1 rings (SSSR count). The monoisotopic (exact) mass is 285 g/mol. The summed E-state index contributed by atoms with van der Waals surface area (Å²) in [4.78, 5) is 3.98. The lowest BCUT2D eigenvalue weighted by Crippen LogP contribution is -2.12. The summed E-state index contributed by atoms with van der Waals surface area (Å²) >= 11 is 1.26. The summed E-state index contributed by atoms with van der Waals surface area (Å²) in [6.45, 7) is 1.66. The predicted molar refractivity (Wildman–Crippen MR) is 70.4 cm³/mol. The predicted octanol–water partition coefficient (Wildman–Crippen LogP) is 1.66. The molecule has 0 aliphatic carbocycles. The van der Waals surface area contributed by atoms with E-state index in [0.29, 0.717) is 16.4 Å². The van der Waals surface area contributed by atoms with Gasteiger partial charge in [-0.25, -0.2) is 4.99 Å². The molecule has 0 atom stereocenters. The van der Waals surface area contributed by atoms with Crippen molar-refractivity contribution in [2.24, 2.45) is 4.99 Å². The Morgan fingerprint density at radius 3 is 2.67 bits per heavy atom. The third kappa shape index (κ3) is 3.73. The van der Waals surface area contributed by atoms with Gasteiger partial charge in [0.05, 0.1) is 10.6 Å². The molecule has 8 heteroatoms. The highest BCUT2D eigenvalue weighted by molar-refractivity contribution is 8.13. The van der Waals surface area contributed by atoms with E-state index in [0.717, 1.165) is 0 Å². The van der Waals surface area contributed by atoms with Crippen LogP contribution in [0.5, 0.6) is 0 Å². The summed E-state index contributed by atoms with van der Waals surface area (Å²) in [6.07, 6.45) is 3.51. The lowest BCUT2D eigenvalue weighted by atomic mass is 10.2. The third-order valence-corrected chi connectivity index (χ3v) is 3.47. The van der Waals surface area contributed by atoms with Crippen molar-refractivity contribution in [1.82, 2.24) is 5.32 Å². The van der Waals surface area contributed by atoms with Gasteiger partial charge < -0.3 is 0 Å². The van der Waals surface area contributed by atoms with E-state index in [1.807, 2.05) is 0 Å². The number of amidine groups is 1. The Labute approximate surface area is 109 Å². The van der Waals surface area contributed by atoms with Crippen LogP contribution in [0.3, 0.4) is 0 Å². The number of nitriles is 1. The summed E-state index contributed by atoms with van der Waals surface area (Å²) < 4.78 is 30.8. The van der Waals surface area contributed by atoms with E-state index in [9.17, 15) is 8.42 Å². The molecule has 0 fully saturated rings. The molecule has 1 aromatic rings. The zero-order chi connectivity index (χ0) is 13.8. The maximum Gasteiger partial charge on any atom is 0.294 e. The first kappa shape index (κ1) is 14.5. The number of aryl methyl sites for hydroxylation is 1. The second-order valence-corrected chi connectivity index (χ2v) is 5.50. The van der Waals surface area contributed by atoms with E-state index < -0.39 is 10.1 Å². The van der Waals surface area contributed by atoms with Gasteiger partial charge in [0.25, 0.3) is 10.1 Å². The van der Waals surface area contributed by atoms with Crippen LogP contribution >= 0.6 is 11.8 Å². The Hall–Kier alpha value is -1.56. The van der Waals surface area contributed by atoms with Gasteiger partial charge >= 0.3 is 0 Å². The largest absolute Gasteiger partial charge is 0.294 e. The number of rotatable bonds is 2. The molecule has 2 N–H and O–H groups in total. The average Bonchev–Trinajstić information content (AvgIpc) is 2.29. The Bertz CT molecular complexity index is 618. The first-order valence-corrected chi connectivity index (χ1v) is 7.41. The van der Waals surface area contributed by atoms with Crippen LogP contribution in [0.25, 0.3) is 0 Å².